The van der Waals surface area contributed by atoms with Crippen LogP contribution in [0.3, 0.4) is 0 Å². The Labute approximate surface area is 129 Å². The zero-order chi connectivity index (χ0) is 15.9. The standard InChI is InChI=1S/C18H16F3P/c1-2-16(4-3-13-19)22(17-9-5-14(20)6-10-17)18-11-7-15(21)8-12-18/h2-12H,13H2,1H3/b4-3-,16-2+. The molecule has 0 amide bonds. The lowest BCUT2D eigenvalue weighted by Crippen LogP contribution is -2.13. The van der Waals surface area contributed by atoms with Crippen molar-refractivity contribution in [2.75, 3.05) is 6.67 Å². The maximum Gasteiger partial charge on any atom is 0.123 e. The van der Waals surface area contributed by atoms with E-state index in [1.165, 1.54) is 30.3 Å². The number of benzene rings is 2. The van der Waals surface area contributed by atoms with Gasteiger partial charge >= 0.3 is 0 Å². The third-order valence-electron chi connectivity index (χ3n) is 3.10. The van der Waals surface area contributed by atoms with E-state index in [2.05, 4.69) is 0 Å². The van der Waals surface area contributed by atoms with Crippen LogP contribution in [0.25, 0.3) is 0 Å². The summed E-state index contributed by atoms with van der Waals surface area (Å²) in [6.45, 7) is 1.33. The van der Waals surface area contributed by atoms with Crippen molar-refractivity contribution in [3.63, 3.8) is 0 Å². The van der Waals surface area contributed by atoms with Crippen LogP contribution in [-0.2, 0) is 0 Å². The Bertz CT molecular complexity index is 612. The number of halogens is 3. The summed E-state index contributed by atoms with van der Waals surface area (Å²) in [6, 6.07) is 12.5. The largest absolute Gasteiger partial charge is 0.247 e. The predicted molar refractivity (Wildman–Crippen MR) is 87.9 cm³/mol. The topological polar surface area (TPSA) is 0 Å². The number of allylic oxidation sites excluding steroid dienone is 4. The molecule has 2 rings (SSSR count). The van der Waals surface area contributed by atoms with Gasteiger partial charge in [0.2, 0.25) is 0 Å². The van der Waals surface area contributed by atoms with Crippen molar-refractivity contribution in [2.45, 2.75) is 6.92 Å². The van der Waals surface area contributed by atoms with E-state index in [4.69, 9.17) is 0 Å². The van der Waals surface area contributed by atoms with Crippen LogP contribution < -0.4 is 10.6 Å². The molecule has 4 heteroatoms. The molecule has 0 radical (unpaired) electrons. The van der Waals surface area contributed by atoms with E-state index in [1.807, 2.05) is 13.0 Å². The molecule has 0 N–H and O–H groups in total. The minimum atomic E-state index is -0.976. The van der Waals surface area contributed by atoms with E-state index in [9.17, 15) is 13.2 Å². The molecule has 0 heterocycles. The third-order valence-corrected chi connectivity index (χ3v) is 5.65. The van der Waals surface area contributed by atoms with Gasteiger partial charge in [-0.15, -0.1) is 0 Å². The Kier molecular flexibility index (Phi) is 5.97. The van der Waals surface area contributed by atoms with Crippen molar-refractivity contribution in [3.8, 4) is 0 Å². The van der Waals surface area contributed by atoms with Crippen LogP contribution in [0.4, 0.5) is 13.2 Å². The summed E-state index contributed by atoms with van der Waals surface area (Å²) in [5.41, 5.74) is 0. The summed E-state index contributed by atoms with van der Waals surface area (Å²) < 4.78 is 38.8. The molecule has 0 spiro atoms. The molecule has 0 bridgehead atoms. The van der Waals surface area contributed by atoms with Crippen LogP contribution in [-0.4, -0.2) is 6.67 Å². The van der Waals surface area contributed by atoms with E-state index in [0.29, 0.717) is 0 Å². The van der Waals surface area contributed by atoms with Gasteiger partial charge in [-0.3, -0.25) is 0 Å². The smallest absolute Gasteiger partial charge is 0.123 e. The Morgan fingerprint density at radius 1 is 0.909 bits per heavy atom. The van der Waals surface area contributed by atoms with Crippen LogP contribution in [0.5, 0.6) is 0 Å². The highest BCUT2D eigenvalue weighted by Gasteiger charge is 2.17. The van der Waals surface area contributed by atoms with Gasteiger partial charge in [0.05, 0.1) is 0 Å². The van der Waals surface area contributed by atoms with Gasteiger partial charge in [-0.1, -0.05) is 42.5 Å². The monoisotopic (exact) mass is 320 g/mol. The van der Waals surface area contributed by atoms with Crippen LogP contribution in [0.1, 0.15) is 6.92 Å². The fourth-order valence-corrected chi connectivity index (χ4v) is 4.39. The molecule has 114 valence electrons. The molecular weight excluding hydrogens is 304 g/mol. The van der Waals surface area contributed by atoms with E-state index < -0.39 is 14.6 Å². The first-order chi connectivity index (χ1) is 10.7. The summed E-state index contributed by atoms with van der Waals surface area (Å²) in [4.78, 5) is 0. The van der Waals surface area contributed by atoms with Crippen LogP contribution in [0, 0.1) is 11.6 Å². The lowest BCUT2D eigenvalue weighted by atomic mass is 10.3. The van der Waals surface area contributed by atoms with Gasteiger partial charge < -0.3 is 0 Å². The first kappa shape index (κ1) is 16.5. The van der Waals surface area contributed by atoms with Crippen LogP contribution in [0.2, 0.25) is 0 Å². The molecule has 0 aromatic heterocycles. The first-order valence-electron chi connectivity index (χ1n) is 6.86. The molecule has 0 saturated heterocycles. The molecule has 0 aliphatic rings. The second-order valence-corrected chi connectivity index (χ2v) is 6.78. The van der Waals surface area contributed by atoms with Gasteiger partial charge in [-0.25, -0.2) is 13.2 Å². The highest BCUT2D eigenvalue weighted by atomic mass is 31.1. The summed E-state index contributed by atoms with van der Waals surface area (Å²) in [5, 5.41) is 2.80. The molecule has 2 aromatic rings. The quantitative estimate of drug-likeness (QED) is 0.547. The van der Waals surface area contributed by atoms with Crippen LogP contribution >= 0.6 is 7.92 Å². The molecule has 0 atom stereocenters. The first-order valence-corrected chi connectivity index (χ1v) is 8.20. The second-order valence-electron chi connectivity index (χ2n) is 4.56. The molecule has 0 nitrogen and oxygen atoms in total. The van der Waals surface area contributed by atoms with E-state index in [0.717, 1.165) is 15.9 Å². The second kappa shape index (κ2) is 7.95. The Morgan fingerprint density at radius 3 is 1.73 bits per heavy atom. The van der Waals surface area contributed by atoms with Crippen molar-refractivity contribution in [1.29, 1.82) is 0 Å². The van der Waals surface area contributed by atoms with Gasteiger partial charge in [-0.2, -0.15) is 0 Å². The van der Waals surface area contributed by atoms with Crippen molar-refractivity contribution in [1.82, 2.24) is 0 Å². The summed E-state index contributed by atoms with van der Waals surface area (Å²) in [5.74, 6) is -0.613. The zero-order valence-corrected chi connectivity index (χ0v) is 13.0. The average Bonchev–Trinajstić information content (AvgIpc) is 2.54. The van der Waals surface area contributed by atoms with E-state index >= 15 is 0 Å². The highest BCUT2D eigenvalue weighted by molar-refractivity contribution is 7.77. The summed E-state index contributed by atoms with van der Waals surface area (Å²) in [6.07, 6.45) is 5.08. The fraction of sp³-hybridized carbons (Fsp3) is 0.111. The van der Waals surface area contributed by atoms with E-state index in [1.54, 1.807) is 30.3 Å². The molecule has 0 aliphatic carbocycles. The maximum atomic E-state index is 13.2. The normalized spacial score (nSPS) is 12.3. The minimum Gasteiger partial charge on any atom is -0.247 e. The molecule has 0 saturated carbocycles. The lowest BCUT2D eigenvalue weighted by Gasteiger charge is -2.20. The average molecular weight is 320 g/mol. The molecule has 2 aromatic carbocycles. The lowest BCUT2D eigenvalue weighted by molar-refractivity contribution is 0.562. The molecule has 0 unspecified atom stereocenters. The third kappa shape index (κ3) is 4.08. The predicted octanol–water partition coefficient (Wildman–Crippen LogP) is 4.83. The summed E-state index contributed by atoms with van der Waals surface area (Å²) >= 11 is 0. The van der Waals surface area contributed by atoms with Gasteiger partial charge in [0, 0.05) is 0 Å². The molecule has 22 heavy (non-hydrogen) atoms. The van der Waals surface area contributed by atoms with Crippen LogP contribution in [0.15, 0.2) is 72.1 Å². The van der Waals surface area contributed by atoms with Gasteiger partial charge in [0.1, 0.15) is 18.3 Å². The van der Waals surface area contributed by atoms with Crippen molar-refractivity contribution in [2.24, 2.45) is 0 Å². The number of rotatable bonds is 5. The van der Waals surface area contributed by atoms with E-state index in [-0.39, 0.29) is 11.6 Å². The maximum absolute atomic E-state index is 13.2. The highest BCUT2D eigenvalue weighted by Crippen LogP contribution is 2.43. The summed E-state index contributed by atoms with van der Waals surface area (Å²) in [7, 11) is -0.976. The van der Waals surface area contributed by atoms with Gasteiger partial charge in [0.25, 0.3) is 0 Å². The molecule has 0 fully saturated rings. The van der Waals surface area contributed by atoms with Crippen molar-refractivity contribution in [3.05, 3.63) is 83.7 Å². The molecule has 0 aliphatic heterocycles. The Hall–Kier alpha value is -1.86. The van der Waals surface area contributed by atoms with Gasteiger partial charge in [-0.05, 0) is 55.0 Å². The Morgan fingerprint density at radius 2 is 1.36 bits per heavy atom. The SMILES string of the molecule is C/C=C(\C=C/CF)P(c1ccc(F)cc1)c1ccc(F)cc1. The fourth-order valence-electron chi connectivity index (χ4n) is 2.09. The minimum absolute atomic E-state index is 0.306. The molecular formula is C18H16F3P. The van der Waals surface area contributed by atoms with Crippen molar-refractivity contribution < 1.29 is 13.2 Å². The van der Waals surface area contributed by atoms with Crippen molar-refractivity contribution >= 4 is 18.5 Å². The Balaban J connectivity index is 2.50. The zero-order valence-electron chi connectivity index (χ0n) is 12.1. The number of alkyl halides is 1. The van der Waals surface area contributed by atoms with Gasteiger partial charge in [0.15, 0.2) is 0 Å². The number of hydrogen-bond donors (Lipinski definition) is 0. The number of hydrogen-bond acceptors (Lipinski definition) is 0.